The van der Waals surface area contributed by atoms with Gasteiger partial charge in [0.2, 0.25) is 0 Å². The van der Waals surface area contributed by atoms with Gasteiger partial charge in [0.05, 0.1) is 26.9 Å². The molecule has 1 fully saturated rings. The van der Waals surface area contributed by atoms with E-state index in [4.69, 9.17) is 5.11 Å². The van der Waals surface area contributed by atoms with Gasteiger partial charge in [0.1, 0.15) is 0 Å². The predicted octanol–water partition coefficient (Wildman–Crippen LogP) is -0.502. The van der Waals surface area contributed by atoms with E-state index in [2.05, 4.69) is 4.98 Å². The van der Waals surface area contributed by atoms with Gasteiger partial charge in [0, 0.05) is 12.6 Å². The molecule has 6 nitrogen and oxygen atoms in total. The molecular formula is C9H11IN2O4S. The molecule has 3 atom stereocenters. The highest BCUT2D eigenvalue weighted by Gasteiger charge is 2.34. The lowest BCUT2D eigenvalue weighted by atomic mass is 10.2. The Bertz CT molecular complexity index is 528. The smallest absolute Gasteiger partial charge is 0.329 e. The molecule has 0 aromatic carbocycles. The van der Waals surface area contributed by atoms with Gasteiger partial charge in [0.15, 0.2) is 0 Å². The van der Waals surface area contributed by atoms with Crippen molar-refractivity contribution in [2.45, 2.75) is 23.1 Å². The van der Waals surface area contributed by atoms with Crippen molar-refractivity contribution in [3.63, 3.8) is 0 Å². The van der Waals surface area contributed by atoms with Crippen molar-refractivity contribution in [3.05, 3.63) is 30.6 Å². The molecule has 0 bridgehead atoms. The largest absolute Gasteiger partial charge is 0.395 e. The van der Waals surface area contributed by atoms with Gasteiger partial charge in [-0.3, -0.25) is 14.3 Å². The van der Waals surface area contributed by atoms with Gasteiger partial charge in [-0.1, -0.05) is 0 Å². The lowest BCUT2D eigenvalue weighted by Crippen LogP contribution is -2.32. The first kappa shape index (κ1) is 13.1. The molecule has 8 heteroatoms. The van der Waals surface area contributed by atoms with Crippen LogP contribution >= 0.6 is 34.4 Å². The molecule has 0 saturated carbocycles. The zero-order valence-electron chi connectivity index (χ0n) is 8.67. The van der Waals surface area contributed by atoms with Crippen LogP contribution in [0.15, 0.2) is 15.8 Å². The Morgan fingerprint density at radius 1 is 1.59 bits per heavy atom. The van der Waals surface area contributed by atoms with Crippen molar-refractivity contribution in [2.24, 2.45) is 0 Å². The van der Waals surface area contributed by atoms with Crippen molar-refractivity contribution in [3.8, 4) is 0 Å². The number of thioether (sulfide) groups is 1. The monoisotopic (exact) mass is 370 g/mol. The number of halogens is 1. The molecule has 94 valence electrons. The summed E-state index contributed by atoms with van der Waals surface area (Å²) in [6.07, 6.45) is 1.23. The van der Waals surface area contributed by atoms with Crippen molar-refractivity contribution >= 4 is 34.4 Å². The van der Waals surface area contributed by atoms with E-state index in [-0.39, 0.29) is 17.2 Å². The SMILES string of the molecule is O=c1[nH]c(=O)n(C2C[C@H](O)[C@H](CO)S2)cc1I. The van der Waals surface area contributed by atoms with E-state index >= 15 is 0 Å². The topological polar surface area (TPSA) is 95.3 Å². The summed E-state index contributed by atoms with van der Waals surface area (Å²) < 4.78 is 1.82. The van der Waals surface area contributed by atoms with Crippen LogP contribution in [-0.4, -0.2) is 37.7 Å². The number of nitrogens with one attached hydrogen (secondary N) is 1. The number of nitrogens with zero attached hydrogens (tertiary/aromatic N) is 1. The van der Waals surface area contributed by atoms with Gasteiger partial charge < -0.3 is 10.2 Å². The Labute approximate surface area is 114 Å². The highest BCUT2D eigenvalue weighted by Crippen LogP contribution is 2.40. The summed E-state index contributed by atoms with van der Waals surface area (Å²) in [5.41, 5.74) is -0.896. The minimum atomic E-state index is -0.633. The molecular weight excluding hydrogens is 359 g/mol. The van der Waals surface area contributed by atoms with Crippen molar-refractivity contribution < 1.29 is 10.2 Å². The zero-order valence-corrected chi connectivity index (χ0v) is 11.6. The van der Waals surface area contributed by atoms with Gasteiger partial charge in [-0.05, 0) is 22.6 Å². The summed E-state index contributed by atoms with van der Waals surface area (Å²) in [7, 11) is 0. The second-order valence-electron chi connectivity index (χ2n) is 3.76. The van der Waals surface area contributed by atoms with Gasteiger partial charge >= 0.3 is 5.69 Å². The van der Waals surface area contributed by atoms with Gasteiger partial charge in [-0.15, -0.1) is 11.8 Å². The molecule has 2 heterocycles. The standard InChI is InChI=1S/C9H11IN2O4S/c10-4-2-12(9(16)11-8(4)15)7-1-5(14)6(3-13)17-7/h2,5-7,13-14H,1,3H2,(H,11,15,16)/t5-,6-,7?/m0/s1. The third kappa shape index (κ3) is 2.59. The summed E-state index contributed by atoms with van der Waals surface area (Å²) in [5, 5.41) is 18.2. The molecule has 3 N–H and O–H groups in total. The number of H-pyrrole nitrogens is 1. The van der Waals surface area contributed by atoms with Crippen LogP contribution in [0, 0.1) is 3.57 Å². The van der Waals surface area contributed by atoms with Crippen LogP contribution in [0.25, 0.3) is 0 Å². The molecule has 1 aliphatic heterocycles. The van der Waals surface area contributed by atoms with Gasteiger partial charge in [-0.2, -0.15) is 0 Å². The average Bonchev–Trinajstić information content (AvgIpc) is 2.65. The van der Waals surface area contributed by atoms with Crippen molar-refractivity contribution in [2.75, 3.05) is 6.61 Å². The van der Waals surface area contributed by atoms with E-state index in [1.54, 1.807) is 0 Å². The van der Waals surface area contributed by atoms with Crippen LogP contribution in [0.2, 0.25) is 0 Å². The number of aromatic amines is 1. The summed E-state index contributed by atoms with van der Waals surface area (Å²) >= 11 is 3.19. The van der Waals surface area contributed by atoms with Crippen LogP contribution in [0.1, 0.15) is 11.8 Å². The number of aliphatic hydroxyl groups excluding tert-OH is 2. The second kappa shape index (κ2) is 5.12. The Morgan fingerprint density at radius 3 is 2.88 bits per heavy atom. The molecule has 0 radical (unpaired) electrons. The summed E-state index contributed by atoms with van der Waals surface area (Å²) in [5.74, 6) is 0. The average molecular weight is 370 g/mol. The molecule has 0 amide bonds. The van der Waals surface area contributed by atoms with Crippen LogP contribution in [0.4, 0.5) is 0 Å². The van der Waals surface area contributed by atoms with E-state index in [9.17, 15) is 14.7 Å². The molecule has 0 spiro atoms. The fourth-order valence-corrected chi connectivity index (χ4v) is 3.54. The number of hydrogen-bond acceptors (Lipinski definition) is 5. The third-order valence-electron chi connectivity index (χ3n) is 2.62. The highest BCUT2D eigenvalue weighted by molar-refractivity contribution is 14.1. The van der Waals surface area contributed by atoms with E-state index in [0.717, 1.165) is 0 Å². The molecule has 0 aliphatic carbocycles. The predicted molar refractivity (Wildman–Crippen MR) is 72.2 cm³/mol. The van der Waals surface area contributed by atoms with Crippen LogP contribution < -0.4 is 11.2 Å². The first-order chi connectivity index (χ1) is 8.02. The van der Waals surface area contributed by atoms with Crippen molar-refractivity contribution in [1.82, 2.24) is 9.55 Å². The van der Waals surface area contributed by atoms with Crippen LogP contribution in [0.3, 0.4) is 0 Å². The van der Waals surface area contributed by atoms with E-state index in [1.165, 1.54) is 22.5 Å². The summed E-state index contributed by atoms with van der Waals surface area (Å²) in [6.45, 7) is -0.127. The first-order valence-electron chi connectivity index (χ1n) is 4.98. The molecule has 2 rings (SSSR count). The lowest BCUT2D eigenvalue weighted by molar-refractivity contribution is 0.137. The third-order valence-corrected chi connectivity index (χ3v) is 4.93. The summed E-state index contributed by atoms with van der Waals surface area (Å²) in [6, 6.07) is 0. The molecule has 1 saturated heterocycles. The van der Waals surface area contributed by atoms with E-state index < -0.39 is 17.4 Å². The highest BCUT2D eigenvalue weighted by atomic mass is 127. The fourth-order valence-electron chi connectivity index (χ4n) is 1.72. The Hall–Kier alpha value is -0.320. The van der Waals surface area contributed by atoms with Crippen LogP contribution in [-0.2, 0) is 0 Å². The second-order valence-corrected chi connectivity index (χ2v) is 6.34. The lowest BCUT2D eigenvalue weighted by Gasteiger charge is -2.12. The quantitative estimate of drug-likeness (QED) is 0.610. The van der Waals surface area contributed by atoms with E-state index in [1.807, 2.05) is 22.6 Å². The normalized spacial score (nSPS) is 28.5. The maximum absolute atomic E-state index is 11.6. The maximum atomic E-state index is 11.6. The number of aliphatic hydroxyl groups is 2. The molecule has 17 heavy (non-hydrogen) atoms. The van der Waals surface area contributed by atoms with Gasteiger partial charge in [-0.25, -0.2) is 4.79 Å². The number of aromatic nitrogens is 2. The first-order valence-corrected chi connectivity index (χ1v) is 7.00. The maximum Gasteiger partial charge on any atom is 0.329 e. The van der Waals surface area contributed by atoms with Gasteiger partial charge in [0.25, 0.3) is 5.56 Å². The molecule has 1 unspecified atom stereocenters. The summed E-state index contributed by atoms with van der Waals surface area (Å²) in [4.78, 5) is 25.1. The molecule has 1 aliphatic rings. The molecule has 1 aromatic heterocycles. The van der Waals surface area contributed by atoms with E-state index in [0.29, 0.717) is 9.99 Å². The fraction of sp³-hybridized carbons (Fsp3) is 0.556. The minimum Gasteiger partial charge on any atom is -0.395 e. The minimum absolute atomic E-state index is 0.127. The van der Waals surface area contributed by atoms with Crippen molar-refractivity contribution in [1.29, 1.82) is 0 Å². The Balaban J connectivity index is 2.34. The number of rotatable bonds is 2. The number of hydrogen-bond donors (Lipinski definition) is 3. The molecule has 1 aromatic rings. The zero-order chi connectivity index (χ0) is 12.6. The Kier molecular flexibility index (Phi) is 3.95. The van der Waals surface area contributed by atoms with Crippen LogP contribution in [0.5, 0.6) is 0 Å². The Morgan fingerprint density at radius 2 is 2.29 bits per heavy atom.